The third kappa shape index (κ3) is 2.99. The summed E-state index contributed by atoms with van der Waals surface area (Å²) in [6.07, 6.45) is 7.17. The highest BCUT2D eigenvalue weighted by Crippen LogP contribution is 2.39. The number of carbonyl (C=O) groups is 1. The number of rotatable bonds is 5. The number of hydrogen-bond donors (Lipinski definition) is 1. The number of hydrogen-bond acceptors (Lipinski definition) is 3. The molecular formula is C15H17N3O2. The molecule has 5 nitrogen and oxygen atoms in total. The first kappa shape index (κ1) is 12.7. The van der Waals surface area contributed by atoms with E-state index < -0.39 is 0 Å². The summed E-state index contributed by atoms with van der Waals surface area (Å²) in [4.78, 5) is 11.7. The van der Waals surface area contributed by atoms with Crippen molar-refractivity contribution >= 4 is 12.0 Å². The van der Waals surface area contributed by atoms with E-state index in [2.05, 4.69) is 16.5 Å². The van der Waals surface area contributed by atoms with E-state index >= 15 is 0 Å². The third-order valence-electron chi connectivity index (χ3n) is 3.35. The lowest BCUT2D eigenvalue weighted by Gasteiger charge is -1.97. The highest BCUT2D eigenvalue weighted by molar-refractivity contribution is 5.91. The van der Waals surface area contributed by atoms with Gasteiger partial charge in [-0.15, -0.1) is 0 Å². The lowest BCUT2D eigenvalue weighted by Crippen LogP contribution is -2.20. The molecule has 0 radical (unpaired) electrons. The molecular weight excluding hydrogens is 254 g/mol. The minimum atomic E-state index is -0.153. The number of nitrogens with zero attached hydrogens (tertiary/aromatic N) is 2. The van der Waals surface area contributed by atoms with Crippen molar-refractivity contribution in [2.24, 2.45) is 7.05 Å². The molecule has 5 heteroatoms. The van der Waals surface area contributed by atoms with Crippen LogP contribution in [0.2, 0.25) is 0 Å². The molecule has 0 aliphatic heterocycles. The van der Waals surface area contributed by atoms with E-state index in [0.717, 1.165) is 5.69 Å². The van der Waals surface area contributed by atoms with Gasteiger partial charge in [-0.25, -0.2) is 0 Å². The lowest BCUT2D eigenvalue weighted by atomic mass is 10.2. The Morgan fingerprint density at radius 2 is 2.45 bits per heavy atom. The maximum absolute atomic E-state index is 11.7. The van der Waals surface area contributed by atoms with Gasteiger partial charge in [0.2, 0.25) is 5.91 Å². The van der Waals surface area contributed by atoms with E-state index in [9.17, 15) is 4.79 Å². The molecule has 0 atom stereocenters. The summed E-state index contributed by atoms with van der Waals surface area (Å²) in [6.45, 7) is 0.446. The van der Waals surface area contributed by atoms with Crippen LogP contribution in [0, 0.1) is 0 Å². The van der Waals surface area contributed by atoms with Crippen LogP contribution < -0.4 is 5.32 Å². The van der Waals surface area contributed by atoms with Crippen LogP contribution in [0.4, 0.5) is 0 Å². The smallest absolute Gasteiger partial charge is 0.244 e. The maximum atomic E-state index is 11.7. The Morgan fingerprint density at radius 1 is 1.60 bits per heavy atom. The van der Waals surface area contributed by atoms with Crippen molar-refractivity contribution in [2.75, 3.05) is 0 Å². The van der Waals surface area contributed by atoms with Crippen LogP contribution >= 0.6 is 0 Å². The fraction of sp³-hybridized carbons (Fsp3) is 0.333. The van der Waals surface area contributed by atoms with Gasteiger partial charge in [0.15, 0.2) is 0 Å². The summed E-state index contributed by atoms with van der Waals surface area (Å²) < 4.78 is 7.03. The zero-order valence-corrected chi connectivity index (χ0v) is 11.4. The van der Waals surface area contributed by atoms with Crippen LogP contribution in [0.3, 0.4) is 0 Å². The van der Waals surface area contributed by atoms with Crippen LogP contribution in [-0.4, -0.2) is 15.7 Å². The van der Waals surface area contributed by atoms with E-state index in [-0.39, 0.29) is 5.91 Å². The van der Waals surface area contributed by atoms with E-state index in [0.29, 0.717) is 18.2 Å². The normalized spacial score (nSPS) is 14.8. The number of amides is 1. The molecule has 2 aromatic heterocycles. The second kappa shape index (κ2) is 5.36. The third-order valence-corrected chi connectivity index (χ3v) is 3.35. The number of aryl methyl sites for hydroxylation is 1. The molecule has 0 saturated heterocycles. The van der Waals surface area contributed by atoms with Gasteiger partial charge >= 0.3 is 0 Å². The molecule has 20 heavy (non-hydrogen) atoms. The number of furan rings is 1. The highest BCUT2D eigenvalue weighted by Gasteiger charge is 2.27. The van der Waals surface area contributed by atoms with Crippen LogP contribution in [0.15, 0.2) is 35.0 Å². The Kier molecular flexibility index (Phi) is 3.41. The molecule has 1 amide bonds. The minimum absolute atomic E-state index is 0.153. The SMILES string of the molecule is Cn1nc(CNC(=O)/C=C/c2ccco2)cc1C1CC1. The van der Waals surface area contributed by atoms with Gasteiger partial charge in [0, 0.05) is 24.7 Å². The Hall–Kier alpha value is -2.30. The topological polar surface area (TPSA) is 60.1 Å². The standard InChI is InChI=1S/C15H17N3O2/c1-18-14(11-4-5-11)9-12(17-18)10-16-15(19)7-6-13-3-2-8-20-13/h2-3,6-9,11H,4-5,10H2,1H3,(H,16,19)/b7-6+. The van der Waals surface area contributed by atoms with E-state index in [1.54, 1.807) is 24.5 Å². The van der Waals surface area contributed by atoms with Gasteiger partial charge in [-0.1, -0.05) is 0 Å². The predicted molar refractivity (Wildman–Crippen MR) is 74.8 cm³/mol. The molecule has 0 aromatic carbocycles. The van der Waals surface area contributed by atoms with E-state index in [4.69, 9.17) is 4.42 Å². The molecule has 2 heterocycles. The Balaban J connectivity index is 1.53. The highest BCUT2D eigenvalue weighted by atomic mass is 16.3. The van der Waals surface area contributed by atoms with Crippen molar-refractivity contribution in [3.63, 3.8) is 0 Å². The van der Waals surface area contributed by atoms with E-state index in [1.165, 1.54) is 24.6 Å². The monoisotopic (exact) mass is 271 g/mol. The van der Waals surface area contributed by atoms with Gasteiger partial charge in [-0.2, -0.15) is 5.10 Å². The van der Waals surface area contributed by atoms with Gasteiger partial charge in [-0.3, -0.25) is 9.48 Å². The van der Waals surface area contributed by atoms with Crippen LogP contribution in [0.25, 0.3) is 6.08 Å². The number of aromatic nitrogens is 2. The predicted octanol–water partition coefficient (Wildman–Crippen LogP) is 2.22. The van der Waals surface area contributed by atoms with E-state index in [1.807, 2.05) is 11.7 Å². The molecule has 2 aromatic rings. The second-order valence-electron chi connectivity index (χ2n) is 5.02. The van der Waals surface area contributed by atoms with Crippen molar-refractivity contribution < 1.29 is 9.21 Å². The van der Waals surface area contributed by atoms with Crippen LogP contribution in [-0.2, 0) is 18.4 Å². The first-order chi connectivity index (χ1) is 9.72. The molecule has 1 aliphatic rings. The summed E-state index contributed by atoms with van der Waals surface area (Å²) in [5, 5.41) is 7.23. The lowest BCUT2D eigenvalue weighted by molar-refractivity contribution is -0.116. The summed E-state index contributed by atoms with van der Waals surface area (Å²) in [6, 6.07) is 5.66. The Morgan fingerprint density at radius 3 is 3.15 bits per heavy atom. The summed E-state index contributed by atoms with van der Waals surface area (Å²) in [5.74, 6) is 1.17. The zero-order chi connectivity index (χ0) is 13.9. The van der Waals surface area contributed by atoms with Gasteiger partial charge in [0.05, 0.1) is 18.5 Å². The van der Waals surface area contributed by atoms with Crippen molar-refractivity contribution in [1.82, 2.24) is 15.1 Å². The fourth-order valence-electron chi connectivity index (χ4n) is 2.17. The van der Waals surface area contributed by atoms with Crippen molar-refractivity contribution in [2.45, 2.75) is 25.3 Å². The largest absolute Gasteiger partial charge is 0.465 e. The van der Waals surface area contributed by atoms with Crippen LogP contribution in [0.5, 0.6) is 0 Å². The summed E-state index contributed by atoms with van der Waals surface area (Å²) in [7, 11) is 1.95. The molecule has 3 rings (SSSR count). The van der Waals surface area contributed by atoms with Gasteiger partial charge < -0.3 is 9.73 Å². The maximum Gasteiger partial charge on any atom is 0.244 e. The average Bonchev–Trinajstić information content (AvgIpc) is 3.00. The van der Waals surface area contributed by atoms with Crippen LogP contribution in [0.1, 0.15) is 35.9 Å². The molecule has 1 saturated carbocycles. The Bertz CT molecular complexity index is 622. The first-order valence-electron chi connectivity index (χ1n) is 6.74. The molecule has 104 valence electrons. The molecule has 0 spiro atoms. The molecule has 1 fully saturated rings. The molecule has 1 aliphatic carbocycles. The molecule has 1 N–H and O–H groups in total. The average molecular weight is 271 g/mol. The minimum Gasteiger partial charge on any atom is -0.465 e. The zero-order valence-electron chi connectivity index (χ0n) is 11.4. The fourth-order valence-corrected chi connectivity index (χ4v) is 2.17. The van der Waals surface area contributed by atoms with Gasteiger partial charge in [0.1, 0.15) is 5.76 Å². The van der Waals surface area contributed by atoms with Gasteiger partial charge in [-0.05, 0) is 37.1 Å². The van der Waals surface area contributed by atoms with Crippen molar-refractivity contribution in [3.8, 4) is 0 Å². The quantitative estimate of drug-likeness (QED) is 0.848. The summed E-state index contributed by atoms with van der Waals surface area (Å²) in [5.41, 5.74) is 2.16. The van der Waals surface area contributed by atoms with Crippen molar-refractivity contribution in [3.05, 3.63) is 47.7 Å². The molecule has 0 bridgehead atoms. The first-order valence-corrected chi connectivity index (χ1v) is 6.74. The summed E-state index contributed by atoms with van der Waals surface area (Å²) >= 11 is 0. The number of nitrogens with one attached hydrogen (secondary N) is 1. The number of carbonyl (C=O) groups excluding carboxylic acids is 1. The Labute approximate surface area is 117 Å². The van der Waals surface area contributed by atoms with Crippen molar-refractivity contribution in [1.29, 1.82) is 0 Å². The van der Waals surface area contributed by atoms with Gasteiger partial charge in [0.25, 0.3) is 0 Å². The molecule has 0 unspecified atom stereocenters. The second-order valence-corrected chi connectivity index (χ2v) is 5.02.